The zero-order valence-electron chi connectivity index (χ0n) is 12.3. The van der Waals surface area contributed by atoms with Crippen molar-refractivity contribution < 1.29 is 28.6 Å². The Morgan fingerprint density at radius 3 is 2.43 bits per heavy atom. The van der Waals surface area contributed by atoms with Gasteiger partial charge in [-0.15, -0.1) is 0 Å². The SMILES string of the molecule is CC1(C)OC(=O)C(=CNc2c(Br)ccc3c2C(=O)OC3)C(=O)O1. The first-order chi connectivity index (χ1) is 10.8. The number of hydrogen-bond acceptors (Lipinski definition) is 7. The molecule has 8 heteroatoms. The van der Waals surface area contributed by atoms with Crippen LogP contribution in [0.4, 0.5) is 5.69 Å². The zero-order chi connectivity index (χ0) is 16.8. The minimum Gasteiger partial charge on any atom is -0.457 e. The van der Waals surface area contributed by atoms with Crippen molar-refractivity contribution in [2.75, 3.05) is 5.32 Å². The van der Waals surface area contributed by atoms with E-state index >= 15 is 0 Å². The first-order valence-corrected chi connectivity index (χ1v) is 7.50. The number of benzene rings is 1. The molecule has 120 valence electrons. The molecule has 1 aromatic rings. The van der Waals surface area contributed by atoms with Crippen molar-refractivity contribution in [3.8, 4) is 0 Å². The van der Waals surface area contributed by atoms with E-state index in [9.17, 15) is 14.4 Å². The molecular formula is C15H12BrNO6. The van der Waals surface area contributed by atoms with Crippen molar-refractivity contribution in [3.05, 3.63) is 39.5 Å². The molecule has 7 nitrogen and oxygen atoms in total. The lowest BCUT2D eigenvalue weighted by atomic mass is 10.1. The Morgan fingerprint density at radius 1 is 1.13 bits per heavy atom. The average Bonchev–Trinajstić information content (AvgIpc) is 2.80. The van der Waals surface area contributed by atoms with E-state index < -0.39 is 23.7 Å². The largest absolute Gasteiger partial charge is 0.457 e. The van der Waals surface area contributed by atoms with Gasteiger partial charge in [-0.25, -0.2) is 14.4 Å². The van der Waals surface area contributed by atoms with Gasteiger partial charge in [-0.3, -0.25) is 0 Å². The Balaban J connectivity index is 1.92. The highest BCUT2D eigenvalue weighted by Gasteiger charge is 2.39. The number of rotatable bonds is 2. The van der Waals surface area contributed by atoms with E-state index in [1.807, 2.05) is 0 Å². The predicted molar refractivity (Wildman–Crippen MR) is 81.2 cm³/mol. The molecule has 2 heterocycles. The summed E-state index contributed by atoms with van der Waals surface area (Å²) in [6.07, 6.45) is 1.16. The van der Waals surface area contributed by atoms with Gasteiger partial charge in [0, 0.05) is 30.1 Å². The quantitative estimate of drug-likeness (QED) is 0.477. The molecule has 1 saturated heterocycles. The standard InChI is InChI=1S/C15H12BrNO6/c1-15(2)22-12(18)8(13(19)23-15)5-17-11-9(16)4-3-7-6-21-14(20)10(7)11/h3-5,17H,6H2,1-2H3. The number of cyclic esters (lactones) is 3. The molecule has 0 aliphatic carbocycles. The molecule has 0 radical (unpaired) electrons. The van der Waals surface area contributed by atoms with Gasteiger partial charge in [-0.05, 0) is 22.0 Å². The number of nitrogens with one attached hydrogen (secondary N) is 1. The van der Waals surface area contributed by atoms with E-state index in [4.69, 9.17) is 14.2 Å². The van der Waals surface area contributed by atoms with Crippen LogP contribution in [0.3, 0.4) is 0 Å². The van der Waals surface area contributed by atoms with Gasteiger partial charge in [0.15, 0.2) is 5.57 Å². The molecule has 23 heavy (non-hydrogen) atoms. The summed E-state index contributed by atoms with van der Waals surface area (Å²) in [7, 11) is 0. The fourth-order valence-electron chi connectivity index (χ4n) is 2.25. The Kier molecular flexibility index (Phi) is 3.63. The van der Waals surface area contributed by atoms with Crippen LogP contribution in [0.15, 0.2) is 28.4 Å². The van der Waals surface area contributed by atoms with Gasteiger partial charge in [0.25, 0.3) is 5.79 Å². The molecular weight excluding hydrogens is 370 g/mol. The lowest BCUT2D eigenvalue weighted by molar-refractivity contribution is -0.222. The summed E-state index contributed by atoms with van der Waals surface area (Å²) >= 11 is 3.32. The van der Waals surface area contributed by atoms with Crippen LogP contribution in [0.2, 0.25) is 0 Å². The summed E-state index contributed by atoms with van der Waals surface area (Å²) in [6.45, 7) is 3.11. The summed E-state index contributed by atoms with van der Waals surface area (Å²) in [4.78, 5) is 35.6. The highest BCUT2D eigenvalue weighted by atomic mass is 79.9. The van der Waals surface area contributed by atoms with E-state index in [1.54, 1.807) is 12.1 Å². The molecule has 0 saturated carbocycles. The normalized spacial score (nSPS) is 18.7. The maximum atomic E-state index is 11.9. The molecule has 3 rings (SSSR count). The van der Waals surface area contributed by atoms with Gasteiger partial charge < -0.3 is 19.5 Å². The smallest absolute Gasteiger partial charge is 0.350 e. The van der Waals surface area contributed by atoms with E-state index in [2.05, 4.69) is 21.2 Å². The van der Waals surface area contributed by atoms with Crippen LogP contribution >= 0.6 is 15.9 Å². The molecule has 0 spiro atoms. The Morgan fingerprint density at radius 2 is 1.78 bits per heavy atom. The Labute approximate surface area is 139 Å². The third kappa shape index (κ3) is 2.81. The number of anilines is 1. The molecule has 2 aliphatic rings. The molecule has 0 unspecified atom stereocenters. The molecule has 0 aromatic heterocycles. The minimum absolute atomic E-state index is 0.185. The number of esters is 3. The fraction of sp³-hybridized carbons (Fsp3) is 0.267. The van der Waals surface area contributed by atoms with Crippen molar-refractivity contribution in [2.45, 2.75) is 26.2 Å². The first-order valence-electron chi connectivity index (χ1n) is 6.70. The van der Waals surface area contributed by atoms with Crippen molar-refractivity contribution in [3.63, 3.8) is 0 Å². The van der Waals surface area contributed by atoms with E-state index in [0.717, 1.165) is 6.20 Å². The second-order valence-electron chi connectivity index (χ2n) is 5.41. The van der Waals surface area contributed by atoms with Crippen LogP contribution in [0.5, 0.6) is 0 Å². The summed E-state index contributed by atoms with van der Waals surface area (Å²) < 4.78 is 15.6. The lowest BCUT2D eigenvalue weighted by Crippen LogP contribution is -2.42. The number of ether oxygens (including phenoxy) is 3. The molecule has 0 atom stereocenters. The summed E-state index contributed by atoms with van der Waals surface area (Å²) in [6, 6.07) is 3.50. The van der Waals surface area contributed by atoms with Crippen LogP contribution in [-0.4, -0.2) is 23.7 Å². The maximum absolute atomic E-state index is 11.9. The van der Waals surface area contributed by atoms with Crippen molar-refractivity contribution >= 4 is 39.5 Å². The second kappa shape index (κ2) is 5.38. The van der Waals surface area contributed by atoms with Crippen molar-refractivity contribution in [2.24, 2.45) is 0 Å². The highest BCUT2D eigenvalue weighted by Crippen LogP contribution is 2.34. The molecule has 2 aliphatic heterocycles. The third-order valence-corrected chi connectivity index (χ3v) is 3.94. The highest BCUT2D eigenvalue weighted by molar-refractivity contribution is 9.10. The molecule has 0 bridgehead atoms. The number of halogens is 1. The van der Waals surface area contributed by atoms with Crippen LogP contribution < -0.4 is 5.32 Å². The number of carbonyl (C=O) groups is 3. The van der Waals surface area contributed by atoms with Crippen LogP contribution in [0.1, 0.15) is 29.8 Å². The monoisotopic (exact) mass is 381 g/mol. The first kappa shape index (κ1) is 15.5. The minimum atomic E-state index is -1.30. The third-order valence-electron chi connectivity index (χ3n) is 3.28. The molecule has 0 amide bonds. The zero-order valence-corrected chi connectivity index (χ0v) is 13.9. The van der Waals surface area contributed by atoms with Gasteiger partial charge >= 0.3 is 17.9 Å². The van der Waals surface area contributed by atoms with Crippen molar-refractivity contribution in [1.29, 1.82) is 0 Å². The van der Waals surface area contributed by atoms with E-state index in [-0.39, 0.29) is 12.2 Å². The molecule has 1 fully saturated rings. The number of carbonyl (C=O) groups excluding carboxylic acids is 3. The van der Waals surface area contributed by atoms with Crippen LogP contribution in [0.25, 0.3) is 0 Å². The Bertz CT molecular complexity index is 745. The van der Waals surface area contributed by atoms with Gasteiger partial charge in [0.05, 0.1) is 11.3 Å². The van der Waals surface area contributed by atoms with Crippen LogP contribution in [0, 0.1) is 0 Å². The molecule has 1 aromatic carbocycles. The second-order valence-corrected chi connectivity index (χ2v) is 6.27. The maximum Gasteiger partial charge on any atom is 0.350 e. The summed E-state index contributed by atoms with van der Waals surface area (Å²) in [5.74, 6) is -3.38. The lowest BCUT2D eigenvalue weighted by Gasteiger charge is -2.29. The van der Waals surface area contributed by atoms with E-state index in [0.29, 0.717) is 21.3 Å². The molecule has 1 N–H and O–H groups in total. The number of hydrogen-bond donors (Lipinski definition) is 1. The predicted octanol–water partition coefficient (Wildman–Crippen LogP) is 2.25. The fourth-order valence-corrected chi connectivity index (χ4v) is 2.70. The van der Waals surface area contributed by atoms with Gasteiger partial charge in [0.2, 0.25) is 0 Å². The van der Waals surface area contributed by atoms with Gasteiger partial charge in [0.1, 0.15) is 6.61 Å². The van der Waals surface area contributed by atoms with Gasteiger partial charge in [-0.2, -0.15) is 0 Å². The Hall–Kier alpha value is -2.35. The van der Waals surface area contributed by atoms with E-state index in [1.165, 1.54) is 13.8 Å². The van der Waals surface area contributed by atoms with Crippen LogP contribution in [-0.2, 0) is 30.4 Å². The topological polar surface area (TPSA) is 90.9 Å². The number of fused-ring (bicyclic) bond motifs is 1. The van der Waals surface area contributed by atoms with Crippen molar-refractivity contribution in [1.82, 2.24) is 0 Å². The summed E-state index contributed by atoms with van der Waals surface area (Å²) in [5.41, 5.74) is 1.19. The summed E-state index contributed by atoms with van der Waals surface area (Å²) in [5, 5.41) is 2.79. The average molecular weight is 382 g/mol. The van der Waals surface area contributed by atoms with Gasteiger partial charge in [-0.1, -0.05) is 6.07 Å².